The lowest BCUT2D eigenvalue weighted by Gasteiger charge is -2.30. The summed E-state index contributed by atoms with van der Waals surface area (Å²) in [5, 5.41) is 7.84. The van der Waals surface area contributed by atoms with Crippen LogP contribution in [0.2, 0.25) is 5.02 Å². The smallest absolute Gasteiger partial charge is 0.344 e. The molecule has 0 atom stereocenters. The van der Waals surface area contributed by atoms with Crippen LogP contribution in [0.1, 0.15) is 32.1 Å². The molecule has 0 unspecified atom stereocenters. The second kappa shape index (κ2) is 8.45. The van der Waals surface area contributed by atoms with E-state index >= 15 is 0 Å². The Hall–Kier alpha value is -1.51. The van der Waals surface area contributed by atoms with Crippen molar-refractivity contribution < 1.29 is 9.59 Å². The molecule has 1 aromatic rings. The van der Waals surface area contributed by atoms with Gasteiger partial charge < -0.3 is 10.6 Å². The SMILES string of the molecule is O=C1NC2(CCCCC2)C(=O)N1NC(=S)NCCSc1ccc(Cl)cc1. The van der Waals surface area contributed by atoms with Crippen molar-refractivity contribution in [2.45, 2.75) is 42.5 Å². The van der Waals surface area contributed by atoms with Crippen LogP contribution in [0.5, 0.6) is 0 Å². The zero-order valence-corrected chi connectivity index (χ0v) is 16.6. The number of rotatable bonds is 5. The van der Waals surface area contributed by atoms with Crippen LogP contribution in [-0.4, -0.2) is 39.9 Å². The molecule has 6 nitrogen and oxygen atoms in total. The normalized spacial score (nSPS) is 18.7. The van der Waals surface area contributed by atoms with Gasteiger partial charge >= 0.3 is 6.03 Å². The number of hydrazine groups is 1. The van der Waals surface area contributed by atoms with Crippen LogP contribution in [0.3, 0.4) is 0 Å². The van der Waals surface area contributed by atoms with Crippen LogP contribution in [0.15, 0.2) is 29.2 Å². The molecule has 0 radical (unpaired) electrons. The molecular weight excluding hydrogens is 392 g/mol. The molecule has 1 saturated carbocycles. The van der Waals surface area contributed by atoms with Crippen molar-refractivity contribution in [3.05, 3.63) is 29.3 Å². The standard InChI is InChI=1S/C17H21ClN4O2S2/c18-12-4-6-13(7-5-12)26-11-10-19-15(25)21-22-14(23)17(20-16(22)24)8-2-1-3-9-17/h4-7H,1-3,8-11H2,(H,20,24)(H2,19,21,25). The Morgan fingerprint density at radius 1 is 1.23 bits per heavy atom. The van der Waals surface area contributed by atoms with Crippen LogP contribution in [0.25, 0.3) is 0 Å². The number of hydrogen-bond donors (Lipinski definition) is 3. The first kappa shape index (κ1) is 19.3. The molecule has 0 bridgehead atoms. The maximum atomic E-state index is 12.6. The number of thioether (sulfide) groups is 1. The van der Waals surface area contributed by atoms with Gasteiger partial charge in [-0.2, -0.15) is 5.01 Å². The average Bonchev–Trinajstić information content (AvgIpc) is 2.85. The fourth-order valence-electron chi connectivity index (χ4n) is 3.22. The van der Waals surface area contributed by atoms with E-state index in [1.807, 2.05) is 24.3 Å². The molecule has 1 aromatic carbocycles. The number of imide groups is 1. The van der Waals surface area contributed by atoms with Crippen molar-refractivity contribution in [1.29, 1.82) is 0 Å². The highest BCUT2D eigenvalue weighted by molar-refractivity contribution is 7.99. The highest BCUT2D eigenvalue weighted by Crippen LogP contribution is 2.32. The zero-order chi connectivity index (χ0) is 18.6. The molecule has 3 rings (SSSR count). The van der Waals surface area contributed by atoms with Crippen LogP contribution in [0.4, 0.5) is 4.79 Å². The van der Waals surface area contributed by atoms with Gasteiger partial charge in [0.05, 0.1) is 0 Å². The lowest BCUT2D eigenvalue weighted by Crippen LogP contribution is -2.53. The van der Waals surface area contributed by atoms with Crippen LogP contribution < -0.4 is 16.1 Å². The number of halogens is 1. The molecule has 3 amide bonds. The van der Waals surface area contributed by atoms with Crippen LogP contribution >= 0.6 is 35.6 Å². The minimum atomic E-state index is -0.748. The molecule has 1 spiro atoms. The van der Waals surface area contributed by atoms with Gasteiger partial charge in [-0.15, -0.1) is 11.8 Å². The summed E-state index contributed by atoms with van der Waals surface area (Å²) in [6, 6.07) is 7.18. The molecule has 1 saturated heterocycles. The minimum Gasteiger partial charge on any atom is -0.360 e. The first-order valence-corrected chi connectivity index (χ1v) is 10.4. The summed E-state index contributed by atoms with van der Waals surface area (Å²) in [6.07, 6.45) is 4.37. The lowest BCUT2D eigenvalue weighted by atomic mass is 9.82. The highest BCUT2D eigenvalue weighted by Gasteiger charge is 2.51. The van der Waals surface area contributed by atoms with Crippen molar-refractivity contribution in [2.75, 3.05) is 12.3 Å². The van der Waals surface area contributed by atoms with E-state index in [1.165, 1.54) is 0 Å². The monoisotopic (exact) mass is 412 g/mol. The van der Waals surface area contributed by atoms with Crippen LogP contribution in [0, 0.1) is 0 Å². The van der Waals surface area contributed by atoms with E-state index in [4.69, 9.17) is 23.8 Å². The largest absolute Gasteiger partial charge is 0.360 e. The lowest BCUT2D eigenvalue weighted by molar-refractivity contribution is -0.133. The van der Waals surface area contributed by atoms with E-state index in [9.17, 15) is 9.59 Å². The van der Waals surface area contributed by atoms with E-state index < -0.39 is 11.6 Å². The van der Waals surface area contributed by atoms with Crippen molar-refractivity contribution in [2.24, 2.45) is 0 Å². The van der Waals surface area contributed by atoms with Gasteiger partial charge in [-0.3, -0.25) is 10.2 Å². The van der Waals surface area contributed by atoms with Gasteiger partial charge in [-0.1, -0.05) is 30.9 Å². The first-order valence-electron chi connectivity index (χ1n) is 8.60. The van der Waals surface area contributed by atoms with E-state index in [2.05, 4.69) is 16.1 Å². The molecule has 1 heterocycles. The minimum absolute atomic E-state index is 0.234. The number of thiocarbonyl (C=S) groups is 1. The van der Waals surface area contributed by atoms with E-state index in [0.717, 1.165) is 34.9 Å². The number of nitrogens with zero attached hydrogens (tertiary/aromatic N) is 1. The Kier molecular flexibility index (Phi) is 6.26. The molecule has 0 aromatic heterocycles. The Morgan fingerprint density at radius 3 is 2.62 bits per heavy atom. The topological polar surface area (TPSA) is 73.5 Å². The van der Waals surface area contributed by atoms with Gasteiger partial charge in [0.1, 0.15) is 5.54 Å². The fraction of sp³-hybridized carbons (Fsp3) is 0.471. The fourth-order valence-corrected chi connectivity index (χ4v) is 4.31. The molecule has 2 aliphatic rings. The molecule has 140 valence electrons. The molecule has 2 fully saturated rings. The summed E-state index contributed by atoms with van der Waals surface area (Å²) in [4.78, 5) is 25.9. The number of nitrogens with one attached hydrogen (secondary N) is 3. The van der Waals surface area contributed by atoms with Crippen molar-refractivity contribution in [1.82, 2.24) is 21.1 Å². The van der Waals surface area contributed by atoms with Gasteiger partial charge in [-0.05, 0) is 49.3 Å². The zero-order valence-electron chi connectivity index (χ0n) is 14.2. The van der Waals surface area contributed by atoms with Gasteiger partial charge in [0, 0.05) is 22.2 Å². The Morgan fingerprint density at radius 2 is 1.92 bits per heavy atom. The second-order valence-electron chi connectivity index (χ2n) is 6.38. The molecule has 3 N–H and O–H groups in total. The van der Waals surface area contributed by atoms with Gasteiger partial charge in [0.2, 0.25) is 0 Å². The van der Waals surface area contributed by atoms with Crippen molar-refractivity contribution >= 4 is 52.6 Å². The summed E-state index contributed by atoms with van der Waals surface area (Å²) in [5.74, 6) is 0.551. The van der Waals surface area contributed by atoms with Crippen molar-refractivity contribution in [3.8, 4) is 0 Å². The van der Waals surface area contributed by atoms with E-state index in [0.29, 0.717) is 24.4 Å². The molecule has 1 aliphatic heterocycles. The first-order chi connectivity index (χ1) is 12.5. The third kappa shape index (κ3) is 4.42. The number of hydrogen-bond acceptors (Lipinski definition) is 4. The summed E-state index contributed by atoms with van der Waals surface area (Å²) in [7, 11) is 0. The van der Waals surface area contributed by atoms with Gasteiger partial charge in [0.25, 0.3) is 5.91 Å². The molecule has 26 heavy (non-hydrogen) atoms. The van der Waals surface area contributed by atoms with Crippen LogP contribution in [-0.2, 0) is 4.79 Å². The molecular formula is C17H21ClN4O2S2. The number of benzene rings is 1. The predicted octanol–water partition coefficient (Wildman–Crippen LogP) is 3.07. The maximum absolute atomic E-state index is 12.6. The molecule has 9 heteroatoms. The summed E-state index contributed by atoms with van der Waals surface area (Å²) < 4.78 is 0. The third-order valence-electron chi connectivity index (χ3n) is 4.55. The second-order valence-corrected chi connectivity index (χ2v) is 8.40. The summed E-state index contributed by atoms with van der Waals surface area (Å²) in [5.41, 5.74) is 1.97. The Balaban J connectivity index is 1.43. The van der Waals surface area contributed by atoms with E-state index in [-0.39, 0.29) is 11.0 Å². The predicted molar refractivity (Wildman–Crippen MR) is 107 cm³/mol. The maximum Gasteiger partial charge on any atom is 0.344 e. The number of urea groups is 1. The van der Waals surface area contributed by atoms with Gasteiger partial charge in [-0.25, -0.2) is 4.79 Å². The summed E-state index contributed by atoms with van der Waals surface area (Å²) >= 11 is 12.7. The number of carbonyl (C=O) groups excluding carboxylic acids is 2. The van der Waals surface area contributed by atoms with Gasteiger partial charge in [0.15, 0.2) is 5.11 Å². The Labute approximate surface area is 167 Å². The quantitative estimate of drug-likeness (QED) is 0.299. The summed E-state index contributed by atoms with van der Waals surface area (Å²) in [6.45, 7) is 0.605. The Bertz CT molecular complexity index is 693. The highest BCUT2D eigenvalue weighted by atomic mass is 35.5. The van der Waals surface area contributed by atoms with E-state index in [1.54, 1.807) is 11.8 Å². The molecule has 1 aliphatic carbocycles. The number of amides is 3. The average molecular weight is 413 g/mol. The number of carbonyl (C=O) groups is 2. The third-order valence-corrected chi connectivity index (χ3v) is 6.05. The van der Waals surface area contributed by atoms with Crippen molar-refractivity contribution in [3.63, 3.8) is 0 Å².